The third-order valence-electron chi connectivity index (χ3n) is 7.55. The minimum atomic E-state index is -0.0661. The molecule has 0 bridgehead atoms. The zero-order chi connectivity index (χ0) is 22.0. The number of likely N-dealkylation sites (tertiary alicyclic amines) is 1. The highest BCUT2D eigenvalue weighted by Crippen LogP contribution is 2.66. The summed E-state index contributed by atoms with van der Waals surface area (Å²) >= 11 is 0. The monoisotopic (exact) mass is 432 g/mol. The van der Waals surface area contributed by atoms with E-state index in [9.17, 15) is 9.59 Å². The third-order valence-corrected chi connectivity index (χ3v) is 7.55. The number of hydrogen-bond acceptors (Lipinski definition) is 3. The van der Waals surface area contributed by atoms with Crippen molar-refractivity contribution >= 4 is 11.8 Å². The van der Waals surface area contributed by atoms with Crippen LogP contribution in [0.2, 0.25) is 0 Å². The number of ether oxygens (including phenoxy) is 1. The van der Waals surface area contributed by atoms with Crippen molar-refractivity contribution in [3.05, 3.63) is 65.7 Å². The molecule has 1 saturated heterocycles. The Morgan fingerprint density at radius 2 is 1.72 bits per heavy atom. The second kappa shape index (κ2) is 8.97. The molecular formula is C27H32N2O3. The van der Waals surface area contributed by atoms with Crippen LogP contribution in [0.25, 0.3) is 0 Å². The molecule has 2 aromatic rings. The normalized spacial score (nSPS) is 21.6. The average Bonchev–Trinajstić information content (AvgIpc) is 3.57. The molecule has 3 fully saturated rings. The van der Waals surface area contributed by atoms with Gasteiger partial charge in [-0.05, 0) is 60.9 Å². The zero-order valence-electron chi connectivity index (χ0n) is 18.6. The Kier molecular flexibility index (Phi) is 5.90. The molecule has 5 nitrogen and oxygen atoms in total. The smallest absolute Gasteiger partial charge is 0.251 e. The zero-order valence-corrected chi connectivity index (χ0v) is 18.6. The van der Waals surface area contributed by atoms with E-state index in [0.29, 0.717) is 29.3 Å². The minimum Gasteiger partial charge on any atom is -0.490 e. The van der Waals surface area contributed by atoms with Crippen molar-refractivity contribution in [1.29, 1.82) is 0 Å². The maximum absolute atomic E-state index is 12.7. The molecule has 1 spiro atoms. The van der Waals surface area contributed by atoms with Crippen molar-refractivity contribution < 1.29 is 14.3 Å². The third kappa shape index (κ3) is 4.52. The van der Waals surface area contributed by atoms with Crippen LogP contribution in [0.3, 0.4) is 0 Å². The largest absolute Gasteiger partial charge is 0.490 e. The first-order valence-corrected chi connectivity index (χ1v) is 12.0. The number of hydrogen-bond donors (Lipinski definition) is 1. The van der Waals surface area contributed by atoms with E-state index in [4.69, 9.17) is 4.74 Å². The van der Waals surface area contributed by atoms with E-state index in [0.717, 1.165) is 44.5 Å². The van der Waals surface area contributed by atoms with Gasteiger partial charge in [0, 0.05) is 44.0 Å². The van der Waals surface area contributed by atoms with Crippen molar-refractivity contribution in [3.8, 4) is 5.75 Å². The summed E-state index contributed by atoms with van der Waals surface area (Å²) in [4.78, 5) is 27.2. The molecule has 1 heterocycles. The molecule has 2 aromatic carbocycles. The van der Waals surface area contributed by atoms with Crippen molar-refractivity contribution in [3.63, 3.8) is 0 Å². The van der Waals surface area contributed by atoms with Crippen LogP contribution in [0.1, 0.15) is 54.4 Å². The molecule has 1 unspecified atom stereocenters. The van der Waals surface area contributed by atoms with Crippen LogP contribution in [0.5, 0.6) is 5.75 Å². The maximum Gasteiger partial charge on any atom is 0.251 e. The van der Waals surface area contributed by atoms with Crippen LogP contribution in [-0.2, 0) is 11.2 Å². The molecule has 2 amide bonds. The summed E-state index contributed by atoms with van der Waals surface area (Å²) in [6.07, 6.45) is 7.61. The van der Waals surface area contributed by atoms with Gasteiger partial charge in [-0.15, -0.1) is 0 Å². The Hall–Kier alpha value is -2.82. The van der Waals surface area contributed by atoms with Gasteiger partial charge in [0.15, 0.2) is 0 Å². The molecule has 0 aromatic heterocycles. The van der Waals surface area contributed by atoms with Gasteiger partial charge in [0.2, 0.25) is 5.91 Å². The Balaban J connectivity index is 1.04. The highest BCUT2D eigenvalue weighted by molar-refractivity contribution is 5.94. The number of amides is 2. The summed E-state index contributed by atoms with van der Waals surface area (Å²) in [6.45, 7) is 2.19. The number of piperidine rings is 1. The first-order valence-electron chi connectivity index (χ1n) is 12.0. The van der Waals surface area contributed by atoms with E-state index < -0.39 is 0 Å². The molecule has 2 aliphatic carbocycles. The van der Waals surface area contributed by atoms with E-state index in [1.54, 1.807) is 0 Å². The standard InChI is InChI=1S/C27H32N2O3/c30-25(28-16-11-20-5-2-1-3-6-20)21-7-9-22(10-8-21)32-23-12-17-29(18-13-23)26(31)24-19-27(24)14-4-15-27/h1-3,5-10,23-24H,4,11-19H2,(H,28,30). The van der Waals surface area contributed by atoms with Gasteiger partial charge in [-0.25, -0.2) is 0 Å². The molecule has 168 valence electrons. The molecule has 5 rings (SSSR count). The molecule has 2 saturated carbocycles. The molecule has 0 radical (unpaired) electrons. The lowest BCUT2D eigenvalue weighted by Gasteiger charge is -2.34. The Morgan fingerprint density at radius 3 is 2.34 bits per heavy atom. The number of nitrogens with zero attached hydrogens (tertiary/aromatic N) is 1. The topological polar surface area (TPSA) is 58.6 Å². The van der Waals surface area contributed by atoms with Crippen molar-refractivity contribution in [2.24, 2.45) is 11.3 Å². The van der Waals surface area contributed by atoms with Gasteiger partial charge in [-0.1, -0.05) is 36.8 Å². The van der Waals surface area contributed by atoms with Crippen molar-refractivity contribution in [2.75, 3.05) is 19.6 Å². The predicted octanol–water partition coefficient (Wildman–Crippen LogP) is 4.22. The summed E-state index contributed by atoms with van der Waals surface area (Å²) in [5.41, 5.74) is 2.25. The number of rotatable bonds is 7. The van der Waals surface area contributed by atoms with Crippen LogP contribution in [0, 0.1) is 11.3 Å². The SMILES string of the molecule is O=C(NCCc1ccccc1)c1ccc(OC2CCN(C(=O)C3CC34CCC4)CC2)cc1. The number of benzene rings is 2. The highest BCUT2D eigenvalue weighted by atomic mass is 16.5. The molecule has 5 heteroatoms. The van der Waals surface area contributed by atoms with Gasteiger partial charge in [0.25, 0.3) is 5.91 Å². The highest BCUT2D eigenvalue weighted by Gasteiger charge is 2.61. The quantitative estimate of drug-likeness (QED) is 0.713. The van der Waals surface area contributed by atoms with Gasteiger partial charge < -0.3 is 15.0 Å². The fourth-order valence-electron chi connectivity index (χ4n) is 5.24. The van der Waals surface area contributed by atoms with E-state index in [1.807, 2.05) is 42.5 Å². The van der Waals surface area contributed by atoms with Crippen LogP contribution in [0.15, 0.2) is 54.6 Å². The fourth-order valence-corrected chi connectivity index (χ4v) is 5.24. The van der Waals surface area contributed by atoms with Crippen molar-refractivity contribution in [1.82, 2.24) is 10.2 Å². The summed E-state index contributed by atoms with van der Waals surface area (Å²) in [6, 6.07) is 17.5. The predicted molar refractivity (Wildman–Crippen MR) is 124 cm³/mol. The summed E-state index contributed by atoms with van der Waals surface area (Å²) in [5, 5.41) is 2.97. The number of carbonyl (C=O) groups excluding carboxylic acids is 2. The van der Waals surface area contributed by atoms with Crippen LogP contribution in [-0.4, -0.2) is 42.5 Å². The molecule has 1 aliphatic heterocycles. The average molecular weight is 433 g/mol. The van der Waals surface area contributed by atoms with E-state index >= 15 is 0 Å². The maximum atomic E-state index is 12.7. The molecule has 3 aliphatic rings. The van der Waals surface area contributed by atoms with Crippen LogP contribution in [0.4, 0.5) is 0 Å². The summed E-state index contributed by atoms with van der Waals surface area (Å²) in [5.74, 6) is 1.40. The van der Waals surface area contributed by atoms with Crippen molar-refractivity contribution in [2.45, 2.75) is 51.0 Å². The Bertz CT molecular complexity index is 945. The summed E-state index contributed by atoms with van der Waals surface area (Å²) < 4.78 is 6.14. The lowest BCUT2D eigenvalue weighted by Crippen LogP contribution is -2.43. The fraction of sp³-hybridized carbons (Fsp3) is 0.481. The number of nitrogens with one attached hydrogen (secondary N) is 1. The van der Waals surface area contributed by atoms with E-state index in [1.165, 1.54) is 24.8 Å². The first-order chi connectivity index (χ1) is 15.6. The lowest BCUT2D eigenvalue weighted by atomic mass is 9.79. The van der Waals surface area contributed by atoms with Gasteiger partial charge in [-0.3, -0.25) is 9.59 Å². The minimum absolute atomic E-state index is 0.0661. The molecule has 1 atom stereocenters. The Morgan fingerprint density at radius 1 is 1.00 bits per heavy atom. The van der Waals surface area contributed by atoms with Gasteiger partial charge in [0.05, 0.1) is 0 Å². The van der Waals surface area contributed by atoms with Gasteiger partial charge >= 0.3 is 0 Å². The Labute approximate surface area is 190 Å². The van der Waals surface area contributed by atoms with Crippen LogP contribution < -0.4 is 10.1 Å². The van der Waals surface area contributed by atoms with Gasteiger partial charge in [-0.2, -0.15) is 0 Å². The lowest BCUT2D eigenvalue weighted by molar-refractivity contribution is -0.135. The molecule has 1 N–H and O–H groups in total. The first kappa shape index (κ1) is 21.0. The summed E-state index contributed by atoms with van der Waals surface area (Å²) in [7, 11) is 0. The molecule has 32 heavy (non-hydrogen) atoms. The van der Waals surface area contributed by atoms with E-state index in [-0.39, 0.29) is 12.0 Å². The molecular weight excluding hydrogens is 400 g/mol. The van der Waals surface area contributed by atoms with Crippen LogP contribution >= 0.6 is 0 Å². The van der Waals surface area contributed by atoms with E-state index in [2.05, 4.69) is 22.3 Å². The second-order valence-corrected chi connectivity index (χ2v) is 9.63. The van der Waals surface area contributed by atoms with Gasteiger partial charge in [0.1, 0.15) is 11.9 Å². The second-order valence-electron chi connectivity index (χ2n) is 9.63. The number of carbonyl (C=O) groups is 2.